The molecule has 1 saturated heterocycles. The van der Waals surface area contributed by atoms with Gasteiger partial charge in [0.05, 0.1) is 5.69 Å². The van der Waals surface area contributed by atoms with Crippen LogP contribution in [0.4, 0.5) is 10.1 Å². The quantitative estimate of drug-likeness (QED) is 0.806. The maximum Gasteiger partial charge on any atom is 0.263 e. The number of benzene rings is 1. The molecule has 0 radical (unpaired) electrons. The Balaban J connectivity index is 1.75. The van der Waals surface area contributed by atoms with Gasteiger partial charge in [0.25, 0.3) is 5.91 Å². The summed E-state index contributed by atoms with van der Waals surface area (Å²) in [5.74, 6) is -0.672. The van der Waals surface area contributed by atoms with Gasteiger partial charge in [-0.2, -0.15) is 0 Å². The lowest BCUT2D eigenvalue weighted by molar-refractivity contribution is -0.119. The Morgan fingerprint density at radius 3 is 3.05 bits per heavy atom. The molecule has 1 fully saturated rings. The number of carbonyl (C=O) groups excluding carboxylic acids is 2. The van der Waals surface area contributed by atoms with E-state index in [1.807, 2.05) is 0 Å². The van der Waals surface area contributed by atoms with Crippen LogP contribution in [0.1, 0.15) is 22.5 Å². The highest BCUT2D eigenvalue weighted by Crippen LogP contribution is 2.33. The number of hydrogen-bond acceptors (Lipinski definition) is 4. The summed E-state index contributed by atoms with van der Waals surface area (Å²) in [6.07, 6.45) is 1.21. The van der Waals surface area contributed by atoms with Crippen LogP contribution in [0.25, 0.3) is 10.1 Å². The molecule has 5 nitrogen and oxygen atoms in total. The highest BCUT2D eigenvalue weighted by Gasteiger charge is 2.22. The maximum absolute atomic E-state index is 13.2. The van der Waals surface area contributed by atoms with Crippen molar-refractivity contribution in [3.8, 4) is 0 Å². The summed E-state index contributed by atoms with van der Waals surface area (Å²) in [5, 5.41) is 6.09. The Labute approximate surface area is 124 Å². The third-order valence-corrected chi connectivity index (χ3v) is 4.67. The monoisotopic (exact) mass is 307 g/mol. The van der Waals surface area contributed by atoms with Crippen molar-refractivity contribution in [3.05, 3.63) is 28.9 Å². The third-order valence-electron chi connectivity index (χ3n) is 3.49. The largest absolute Gasteiger partial charge is 0.397 e. The molecule has 2 heterocycles. The molecular formula is C14H14FN3O2S. The zero-order valence-corrected chi connectivity index (χ0v) is 11.9. The van der Waals surface area contributed by atoms with Crippen LogP contribution in [0.3, 0.4) is 0 Å². The van der Waals surface area contributed by atoms with E-state index >= 15 is 0 Å². The number of halogens is 1. The fourth-order valence-corrected chi connectivity index (χ4v) is 3.40. The molecule has 110 valence electrons. The van der Waals surface area contributed by atoms with Crippen molar-refractivity contribution in [1.29, 1.82) is 0 Å². The molecule has 1 aliphatic rings. The van der Waals surface area contributed by atoms with Gasteiger partial charge in [0, 0.05) is 29.1 Å². The summed E-state index contributed by atoms with van der Waals surface area (Å²) in [5.41, 5.74) is 6.22. The first-order valence-corrected chi connectivity index (χ1v) is 7.41. The zero-order valence-electron chi connectivity index (χ0n) is 11.1. The number of carbonyl (C=O) groups is 2. The predicted octanol–water partition coefficient (Wildman–Crippen LogP) is 1.63. The molecule has 7 heteroatoms. The Hall–Kier alpha value is -2.15. The van der Waals surface area contributed by atoms with Crippen molar-refractivity contribution in [2.24, 2.45) is 0 Å². The van der Waals surface area contributed by atoms with Crippen LogP contribution in [-0.2, 0) is 4.79 Å². The van der Waals surface area contributed by atoms with E-state index in [0.29, 0.717) is 35.3 Å². The van der Waals surface area contributed by atoms with Crippen molar-refractivity contribution < 1.29 is 14.0 Å². The summed E-state index contributed by atoms with van der Waals surface area (Å²) in [6, 6.07) is 4.25. The number of anilines is 1. The first-order valence-electron chi connectivity index (χ1n) is 6.59. The number of thiophene rings is 1. The van der Waals surface area contributed by atoms with Gasteiger partial charge in [-0.25, -0.2) is 4.39 Å². The van der Waals surface area contributed by atoms with Gasteiger partial charge in [-0.15, -0.1) is 11.3 Å². The SMILES string of the molecule is Nc1c(C(=O)NCC2CCC(=O)N2)sc2ccc(F)cc12. The van der Waals surface area contributed by atoms with E-state index in [1.54, 1.807) is 6.07 Å². The normalized spacial score (nSPS) is 18.0. The van der Waals surface area contributed by atoms with Gasteiger partial charge in [-0.3, -0.25) is 9.59 Å². The number of fused-ring (bicyclic) bond motifs is 1. The minimum absolute atomic E-state index is 0.00565. The summed E-state index contributed by atoms with van der Waals surface area (Å²) < 4.78 is 14.0. The van der Waals surface area contributed by atoms with Gasteiger partial charge in [0.1, 0.15) is 10.7 Å². The molecule has 0 saturated carbocycles. The van der Waals surface area contributed by atoms with Crippen molar-refractivity contribution >= 4 is 38.9 Å². The molecule has 1 atom stereocenters. The van der Waals surface area contributed by atoms with E-state index in [4.69, 9.17) is 5.73 Å². The smallest absolute Gasteiger partial charge is 0.263 e. The van der Waals surface area contributed by atoms with Gasteiger partial charge < -0.3 is 16.4 Å². The Morgan fingerprint density at radius 2 is 2.33 bits per heavy atom. The number of rotatable bonds is 3. The van der Waals surface area contributed by atoms with Crippen LogP contribution >= 0.6 is 11.3 Å². The molecule has 0 bridgehead atoms. The van der Waals surface area contributed by atoms with E-state index < -0.39 is 0 Å². The van der Waals surface area contributed by atoms with Crippen molar-refractivity contribution in [3.63, 3.8) is 0 Å². The minimum atomic E-state index is -0.382. The van der Waals surface area contributed by atoms with Crippen LogP contribution in [0.2, 0.25) is 0 Å². The van der Waals surface area contributed by atoms with E-state index in [0.717, 1.165) is 4.70 Å². The highest BCUT2D eigenvalue weighted by atomic mass is 32.1. The lowest BCUT2D eigenvalue weighted by Gasteiger charge is -2.10. The van der Waals surface area contributed by atoms with Crippen LogP contribution in [0.5, 0.6) is 0 Å². The number of nitrogen functional groups attached to an aromatic ring is 1. The Bertz CT molecular complexity index is 728. The second-order valence-electron chi connectivity index (χ2n) is 5.00. The van der Waals surface area contributed by atoms with Crippen LogP contribution in [-0.4, -0.2) is 24.4 Å². The molecule has 2 aromatic rings. The molecule has 21 heavy (non-hydrogen) atoms. The third kappa shape index (κ3) is 2.69. The molecule has 3 rings (SSSR count). The molecule has 0 spiro atoms. The van der Waals surface area contributed by atoms with Gasteiger partial charge in [0.15, 0.2) is 0 Å². The van der Waals surface area contributed by atoms with Gasteiger partial charge in [-0.1, -0.05) is 0 Å². The van der Waals surface area contributed by atoms with Crippen molar-refractivity contribution in [2.45, 2.75) is 18.9 Å². The van der Waals surface area contributed by atoms with Gasteiger partial charge >= 0.3 is 0 Å². The lowest BCUT2D eigenvalue weighted by Crippen LogP contribution is -2.38. The van der Waals surface area contributed by atoms with E-state index in [-0.39, 0.29) is 23.7 Å². The molecule has 1 aromatic heterocycles. The average molecular weight is 307 g/mol. The zero-order chi connectivity index (χ0) is 15.0. The predicted molar refractivity (Wildman–Crippen MR) is 79.7 cm³/mol. The molecular weight excluding hydrogens is 293 g/mol. The van der Waals surface area contributed by atoms with Crippen molar-refractivity contribution in [2.75, 3.05) is 12.3 Å². The van der Waals surface area contributed by atoms with Crippen LogP contribution < -0.4 is 16.4 Å². The van der Waals surface area contributed by atoms with Gasteiger partial charge in [0.2, 0.25) is 5.91 Å². The van der Waals surface area contributed by atoms with Crippen LogP contribution in [0.15, 0.2) is 18.2 Å². The summed E-state index contributed by atoms with van der Waals surface area (Å²) in [4.78, 5) is 23.6. The highest BCUT2D eigenvalue weighted by molar-refractivity contribution is 7.21. The second-order valence-corrected chi connectivity index (χ2v) is 6.05. The first-order chi connectivity index (χ1) is 10.0. The summed E-state index contributed by atoms with van der Waals surface area (Å²) >= 11 is 1.23. The maximum atomic E-state index is 13.2. The minimum Gasteiger partial charge on any atom is -0.397 e. The first kappa shape index (κ1) is 13.8. The number of hydrogen-bond donors (Lipinski definition) is 3. The van der Waals surface area contributed by atoms with E-state index in [1.165, 1.54) is 23.5 Å². The Morgan fingerprint density at radius 1 is 1.52 bits per heavy atom. The fourth-order valence-electron chi connectivity index (χ4n) is 2.38. The van der Waals surface area contributed by atoms with Crippen molar-refractivity contribution in [1.82, 2.24) is 10.6 Å². The standard InChI is InChI=1S/C14H14FN3O2S/c15-7-1-3-10-9(5-7)12(16)13(21-10)14(20)17-6-8-2-4-11(19)18-8/h1,3,5,8H,2,4,6,16H2,(H,17,20)(H,18,19). The number of amides is 2. The van der Waals surface area contributed by atoms with Gasteiger partial charge in [-0.05, 0) is 24.6 Å². The molecule has 4 N–H and O–H groups in total. The van der Waals surface area contributed by atoms with Crippen LogP contribution in [0, 0.1) is 5.82 Å². The average Bonchev–Trinajstić information content (AvgIpc) is 3.01. The van der Waals surface area contributed by atoms with E-state index in [9.17, 15) is 14.0 Å². The summed E-state index contributed by atoms with van der Waals surface area (Å²) in [7, 11) is 0. The fraction of sp³-hybridized carbons (Fsp3) is 0.286. The topological polar surface area (TPSA) is 84.2 Å². The molecule has 1 aliphatic heterocycles. The number of nitrogens with one attached hydrogen (secondary N) is 2. The second kappa shape index (κ2) is 5.33. The van der Waals surface area contributed by atoms with E-state index in [2.05, 4.69) is 10.6 Å². The summed E-state index contributed by atoms with van der Waals surface area (Å²) in [6.45, 7) is 0.368. The lowest BCUT2D eigenvalue weighted by atomic mass is 10.2. The molecule has 0 aliphatic carbocycles. The number of nitrogens with two attached hydrogens (primary N) is 1. The molecule has 1 unspecified atom stereocenters. The molecule has 1 aromatic carbocycles. The molecule has 2 amide bonds. The Kier molecular flexibility index (Phi) is 3.50.